The van der Waals surface area contributed by atoms with Crippen LogP contribution in [-0.2, 0) is 20.9 Å². The van der Waals surface area contributed by atoms with Crippen molar-refractivity contribution in [3.05, 3.63) is 106 Å². The van der Waals surface area contributed by atoms with Crippen LogP contribution in [0.4, 0.5) is 10.2 Å². The van der Waals surface area contributed by atoms with Crippen LogP contribution in [0.15, 0.2) is 72.5 Å². The summed E-state index contributed by atoms with van der Waals surface area (Å²) in [6.45, 7) is 11.0. The van der Waals surface area contributed by atoms with Gasteiger partial charge in [0.05, 0.1) is 82.4 Å². The van der Waals surface area contributed by atoms with E-state index in [9.17, 15) is 19.8 Å². The number of amides is 2. The number of likely N-dealkylation sites (tertiary alicyclic amines) is 1. The average Bonchev–Trinajstić information content (AvgIpc) is 3.67. The summed E-state index contributed by atoms with van der Waals surface area (Å²) in [5, 5.41) is 45.6. The molecule has 0 spiro atoms. The molecule has 9 heterocycles. The number of aryl methyl sites for hydroxylation is 1. The Kier molecular flexibility index (Phi) is 14.3. The largest absolute Gasteiger partial charge is 0.486 e. The molecule has 23 heteroatoms. The molecule has 1 unspecified atom stereocenters. The monoisotopic (exact) mass is 1150 g/mol. The molecular formula is C59H62ClFN12O8S. The van der Waals surface area contributed by atoms with Gasteiger partial charge in [0.25, 0.3) is 0 Å². The highest BCUT2D eigenvalue weighted by Crippen LogP contribution is 2.56. The van der Waals surface area contributed by atoms with Gasteiger partial charge < -0.3 is 49.6 Å². The number of carbonyl (C=O) groups is 2. The molecule has 0 radical (unpaired) electrons. The second kappa shape index (κ2) is 21.8. The van der Waals surface area contributed by atoms with Crippen LogP contribution in [0.25, 0.3) is 54.6 Å². The van der Waals surface area contributed by atoms with E-state index in [1.807, 2.05) is 76.2 Å². The summed E-state index contributed by atoms with van der Waals surface area (Å²) >= 11 is 9.23. The average molecular weight is 1150 g/mol. The van der Waals surface area contributed by atoms with E-state index < -0.39 is 41.9 Å². The predicted octanol–water partition coefficient (Wildman–Crippen LogP) is 7.81. The Morgan fingerprint density at radius 1 is 1.04 bits per heavy atom. The van der Waals surface area contributed by atoms with Gasteiger partial charge in [-0.3, -0.25) is 14.7 Å². The number of piperazine rings is 1. The Hall–Kier alpha value is -7.34. The van der Waals surface area contributed by atoms with Crippen molar-refractivity contribution in [3.8, 4) is 50.3 Å². The molecule has 5 aliphatic rings. The lowest BCUT2D eigenvalue weighted by atomic mass is 9.93. The van der Waals surface area contributed by atoms with Crippen LogP contribution in [0.3, 0.4) is 0 Å². The molecule has 426 valence electrons. The number of carbonyl (C=O) groups excluding carboxylic acids is 2. The second-order valence-corrected chi connectivity index (χ2v) is 23.7. The molecule has 8 aromatic rings. The lowest BCUT2D eigenvalue weighted by molar-refractivity contribution is -0.142. The first-order valence-electron chi connectivity index (χ1n) is 27.9. The van der Waals surface area contributed by atoms with Gasteiger partial charge in [0, 0.05) is 66.5 Å². The van der Waals surface area contributed by atoms with Crippen LogP contribution in [0.1, 0.15) is 80.9 Å². The molecule has 13 rings (SSSR count). The lowest BCUT2D eigenvalue weighted by Gasteiger charge is -2.38. The topological polar surface area (TPSA) is 240 Å². The number of hydrogen-bond acceptors (Lipinski definition) is 17. The van der Waals surface area contributed by atoms with Gasteiger partial charge in [-0.15, -0.1) is 16.4 Å². The van der Waals surface area contributed by atoms with Gasteiger partial charge >= 0.3 is 6.01 Å². The molecule has 4 saturated heterocycles. The highest BCUT2D eigenvalue weighted by molar-refractivity contribution is 7.13. The standard InChI is InChI=1S/C59H62ClFN12O8S/c1-28(2)51(58(77)71-23-37(75)19-45(71)57(76)65-44(25-74)34-10-12-35(13-11-34)55-30(4)63-27-82-55)72-24-43(69-70-72)33-8-6-32(7-9-33)26-79-54-47(46-29(3)40(61)20-41-39(46)22-64-68-41)49(60)53-48-50(54)66-59(81-38-14-16-78-17-15-38)67-56(48)73-36-18-42(62-21-36)52(73)31(5)80-53/h6-13,20,22,24,27-28,31,36-38,42,44-45,51-52,62,74-75H,14-19,21,23,25-26H2,1-5H3,(H,64,68)(H,65,76)/t31-,36-,37+,42-,44-,45-,51-,52?/m0/s1. The molecule has 4 aromatic heterocycles. The van der Waals surface area contributed by atoms with Crippen molar-refractivity contribution in [2.45, 2.75) is 121 Å². The number of aliphatic hydroxyl groups excluding tert-OH is 2. The van der Waals surface area contributed by atoms with Crippen molar-refractivity contribution in [2.24, 2.45) is 5.92 Å². The third-order valence-corrected chi connectivity index (χ3v) is 18.2. The van der Waals surface area contributed by atoms with Crippen LogP contribution in [0, 0.1) is 25.6 Å². The first kappa shape index (κ1) is 53.9. The number of aromatic amines is 1. The molecular weight excluding hydrogens is 1090 g/mol. The van der Waals surface area contributed by atoms with Crippen LogP contribution < -0.4 is 29.7 Å². The fourth-order valence-electron chi connectivity index (χ4n) is 12.8. The maximum Gasteiger partial charge on any atom is 0.319 e. The fourth-order valence-corrected chi connectivity index (χ4v) is 13.9. The Balaban J connectivity index is 0.793. The van der Waals surface area contributed by atoms with E-state index in [0.717, 1.165) is 34.7 Å². The summed E-state index contributed by atoms with van der Waals surface area (Å²) in [6, 6.07) is 14.3. The number of anilines is 1. The van der Waals surface area contributed by atoms with E-state index in [1.165, 1.54) is 27.0 Å². The molecule has 4 aromatic carbocycles. The van der Waals surface area contributed by atoms with Gasteiger partial charge in [-0.25, -0.2) is 14.1 Å². The molecule has 20 nitrogen and oxygen atoms in total. The van der Waals surface area contributed by atoms with Crippen molar-refractivity contribution < 1.29 is 43.1 Å². The summed E-state index contributed by atoms with van der Waals surface area (Å²) in [5.41, 5.74) is 8.43. The first-order valence-corrected chi connectivity index (χ1v) is 29.1. The number of H-pyrrole nitrogens is 1. The second-order valence-electron chi connectivity index (χ2n) is 22.4. The molecule has 5 aliphatic heterocycles. The number of β-amino-alcohol motifs (C(OH)–C–C–N with tert-alkyl or cyclic N) is 1. The first-order chi connectivity index (χ1) is 39.7. The maximum absolute atomic E-state index is 16.1. The molecule has 2 bridgehead atoms. The Bertz CT molecular complexity index is 3740. The molecule has 2 amide bonds. The van der Waals surface area contributed by atoms with Crippen molar-refractivity contribution in [1.82, 2.24) is 55.7 Å². The summed E-state index contributed by atoms with van der Waals surface area (Å²) < 4.78 is 43.9. The number of ether oxygens (including phenoxy) is 4. The zero-order chi connectivity index (χ0) is 56.7. The zero-order valence-corrected chi connectivity index (χ0v) is 47.4. The number of aliphatic hydroxyl groups is 2. The van der Waals surface area contributed by atoms with Gasteiger partial charge in [-0.2, -0.15) is 15.1 Å². The minimum absolute atomic E-state index is 0.0280. The van der Waals surface area contributed by atoms with E-state index >= 15 is 4.39 Å². The minimum atomic E-state index is -0.993. The number of benzene rings is 4. The highest BCUT2D eigenvalue weighted by atomic mass is 35.5. The molecule has 82 heavy (non-hydrogen) atoms. The van der Waals surface area contributed by atoms with Gasteiger partial charge in [0.1, 0.15) is 53.7 Å². The third kappa shape index (κ3) is 9.55. The molecule has 5 N–H and O–H groups in total. The number of aromatic nitrogens is 8. The summed E-state index contributed by atoms with van der Waals surface area (Å²) in [4.78, 5) is 48.1. The molecule has 0 aliphatic carbocycles. The third-order valence-electron chi connectivity index (χ3n) is 16.9. The zero-order valence-electron chi connectivity index (χ0n) is 45.8. The van der Waals surface area contributed by atoms with Crippen molar-refractivity contribution in [2.75, 3.05) is 37.8 Å². The lowest BCUT2D eigenvalue weighted by Crippen LogP contribution is -2.57. The summed E-state index contributed by atoms with van der Waals surface area (Å²) in [6.07, 6.45) is 4.20. The number of nitrogens with one attached hydrogen (secondary N) is 3. The quantitative estimate of drug-likeness (QED) is 0.0658. The SMILES string of the molecule is Cc1ncsc1-c1ccc([C@H](CO)NC(=O)[C@@H]2C[C@@H](O)CN2C(=O)[C@H](C(C)C)n2cc(-c3ccc(COc4c(-c5c(C)c(F)cc6[nH]ncc56)c(Cl)c5c6c(nc(OC7CCOCC7)nc46)N4C([C@@H]6C[C@H]4CN6)[C@H](C)O5)cc3)nn2)cc1. The Labute approximate surface area is 480 Å². The van der Waals surface area contributed by atoms with Gasteiger partial charge in [0.2, 0.25) is 11.8 Å². The number of nitrogens with zero attached hydrogens (tertiary/aromatic N) is 9. The smallest absolute Gasteiger partial charge is 0.319 e. The summed E-state index contributed by atoms with van der Waals surface area (Å²) in [5.74, 6) is -0.320. The van der Waals surface area contributed by atoms with E-state index in [4.69, 9.17) is 40.5 Å². The molecule has 8 atom stereocenters. The summed E-state index contributed by atoms with van der Waals surface area (Å²) in [7, 11) is 0. The van der Waals surface area contributed by atoms with Gasteiger partial charge in [-0.1, -0.05) is 79.2 Å². The number of hydrogen-bond donors (Lipinski definition) is 5. The molecule has 4 fully saturated rings. The normalized spacial score (nSPS) is 22.2. The van der Waals surface area contributed by atoms with Gasteiger partial charge in [0.15, 0.2) is 11.5 Å². The Morgan fingerprint density at radius 3 is 2.56 bits per heavy atom. The highest BCUT2D eigenvalue weighted by Gasteiger charge is 2.52. The predicted molar refractivity (Wildman–Crippen MR) is 305 cm³/mol. The van der Waals surface area contributed by atoms with E-state index in [0.29, 0.717) is 98.7 Å². The van der Waals surface area contributed by atoms with Crippen LogP contribution >= 0.6 is 22.9 Å². The van der Waals surface area contributed by atoms with Crippen LogP contribution in [-0.4, -0.2) is 142 Å². The van der Waals surface area contributed by atoms with Gasteiger partial charge in [-0.05, 0) is 61.4 Å². The Morgan fingerprint density at radius 2 is 1.82 bits per heavy atom. The van der Waals surface area contributed by atoms with E-state index in [1.54, 1.807) is 24.8 Å². The van der Waals surface area contributed by atoms with Crippen molar-refractivity contribution in [3.63, 3.8) is 0 Å². The van der Waals surface area contributed by atoms with Crippen molar-refractivity contribution in [1.29, 1.82) is 0 Å². The van der Waals surface area contributed by atoms with E-state index in [-0.39, 0.29) is 73.5 Å². The number of rotatable bonds is 15. The number of fused-ring (bicyclic) bond motifs is 7. The van der Waals surface area contributed by atoms with Crippen molar-refractivity contribution >= 4 is 62.4 Å². The fraction of sp³-hybridized carbons (Fsp3) is 0.424. The van der Waals surface area contributed by atoms with Crippen LogP contribution in [0.5, 0.6) is 17.5 Å². The number of thiazole rings is 1. The van der Waals surface area contributed by atoms with E-state index in [2.05, 4.69) is 41.0 Å². The minimum Gasteiger partial charge on any atom is -0.486 e. The maximum atomic E-state index is 16.1. The van der Waals surface area contributed by atoms with Crippen LogP contribution in [0.2, 0.25) is 5.02 Å². The molecule has 0 saturated carbocycles. The number of halogens is 2.